The Kier molecular flexibility index (Phi) is 4.88. The number of aryl methyl sites for hydroxylation is 1. The SMILES string of the molecule is C[C@H](NC(=O)c1ccn(-c2ccc(Cl)cc2)n1)c1ccc2c(c1)CCC(=O)N2. The van der Waals surface area contributed by atoms with E-state index in [1.54, 1.807) is 29.1 Å². The van der Waals surface area contributed by atoms with Gasteiger partial charge in [-0.2, -0.15) is 5.10 Å². The zero-order valence-electron chi connectivity index (χ0n) is 15.3. The second-order valence-corrected chi connectivity index (χ2v) is 7.22. The highest BCUT2D eigenvalue weighted by Crippen LogP contribution is 2.26. The van der Waals surface area contributed by atoms with Gasteiger partial charge in [-0.1, -0.05) is 23.7 Å². The van der Waals surface area contributed by atoms with Gasteiger partial charge in [-0.15, -0.1) is 0 Å². The van der Waals surface area contributed by atoms with Crippen LogP contribution in [0.2, 0.25) is 5.02 Å². The fourth-order valence-corrected chi connectivity index (χ4v) is 3.34. The molecule has 0 saturated heterocycles. The third-order valence-electron chi connectivity index (χ3n) is 4.79. The minimum atomic E-state index is -0.244. The average Bonchev–Trinajstić information content (AvgIpc) is 3.18. The minimum absolute atomic E-state index is 0.0397. The van der Waals surface area contributed by atoms with Gasteiger partial charge in [0.2, 0.25) is 5.91 Å². The Balaban J connectivity index is 1.46. The number of benzene rings is 2. The van der Waals surface area contributed by atoms with Crippen molar-refractivity contribution in [1.29, 1.82) is 0 Å². The highest BCUT2D eigenvalue weighted by molar-refractivity contribution is 6.30. The minimum Gasteiger partial charge on any atom is -0.344 e. The largest absolute Gasteiger partial charge is 0.344 e. The maximum absolute atomic E-state index is 12.6. The maximum Gasteiger partial charge on any atom is 0.272 e. The molecule has 7 heteroatoms. The Labute approximate surface area is 167 Å². The summed E-state index contributed by atoms with van der Waals surface area (Å²) in [5.74, 6) is -0.205. The molecule has 28 heavy (non-hydrogen) atoms. The number of nitrogens with zero attached hydrogens (tertiary/aromatic N) is 2. The summed E-state index contributed by atoms with van der Waals surface area (Å²) in [5.41, 5.74) is 4.09. The van der Waals surface area contributed by atoms with Crippen LogP contribution in [-0.4, -0.2) is 21.6 Å². The van der Waals surface area contributed by atoms with Crippen molar-refractivity contribution in [3.63, 3.8) is 0 Å². The van der Waals surface area contributed by atoms with Crippen LogP contribution < -0.4 is 10.6 Å². The molecule has 0 spiro atoms. The van der Waals surface area contributed by atoms with Gasteiger partial charge in [-0.05, 0) is 60.9 Å². The molecule has 0 unspecified atom stereocenters. The molecule has 6 nitrogen and oxygen atoms in total. The summed E-state index contributed by atoms with van der Waals surface area (Å²) in [6, 6.07) is 14.6. The number of carbonyl (C=O) groups excluding carboxylic acids is 2. The molecular formula is C21H19ClN4O2. The van der Waals surface area contributed by atoms with Gasteiger partial charge in [0.1, 0.15) is 0 Å². The number of fused-ring (bicyclic) bond motifs is 1. The summed E-state index contributed by atoms with van der Waals surface area (Å²) in [7, 11) is 0. The first-order valence-corrected chi connectivity index (χ1v) is 9.42. The number of aromatic nitrogens is 2. The Morgan fingerprint density at radius 2 is 1.96 bits per heavy atom. The molecule has 0 aliphatic carbocycles. The van der Waals surface area contributed by atoms with Gasteiger partial charge in [0, 0.05) is 23.3 Å². The normalized spacial score (nSPS) is 14.1. The third-order valence-corrected chi connectivity index (χ3v) is 5.04. The molecule has 2 N–H and O–H groups in total. The van der Waals surface area contributed by atoms with E-state index in [2.05, 4.69) is 15.7 Å². The molecule has 1 aliphatic heterocycles. The summed E-state index contributed by atoms with van der Waals surface area (Å²) in [6.45, 7) is 1.93. The average molecular weight is 395 g/mol. The molecule has 0 bridgehead atoms. The van der Waals surface area contributed by atoms with E-state index in [9.17, 15) is 9.59 Å². The smallest absolute Gasteiger partial charge is 0.272 e. The molecule has 0 fully saturated rings. The van der Waals surface area contributed by atoms with Crippen LogP contribution in [0.1, 0.15) is 41.0 Å². The van der Waals surface area contributed by atoms with Crippen molar-refractivity contribution in [2.24, 2.45) is 0 Å². The highest BCUT2D eigenvalue weighted by Gasteiger charge is 2.18. The number of halogens is 1. The second kappa shape index (κ2) is 7.48. The predicted octanol–water partition coefficient (Wildman–Crippen LogP) is 3.90. The van der Waals surface area contributed by atoms with Crippen molar-refractivity contribution in [2.75, 3.05) is 5.32 Å². The number of carbonyl (C=O) groups is 2. The fraction of sp³-hybridized carbons (Fsp3) is 0.190. The van der Waals surface area contributed by atoms with E-state index < -0.39 is 0 Å². The van der Waals surface area contributed by atoms with Crippen molar-refractivity contribution in [1.82, 2.24) is 15.1 Å². The summed E-state index contributed by atoms with van der Waals surface area (Å²) in [6.07, 6.45) is 2.94. The third kappa shape index (κ3) is 3.77. The molecular weight excluding hydrogens is 376 g/mol. The lowest BCUT2D eigenvalue weighted by Gasteiger charge is -2.20. The Hall–Kier alpha value is -3.12. The fourth-order valence-electron chi connectivity index (χ4n) is 3.21. The van der Waals surface area contributed by atoms with E-state index in [4.69, 9.17) is 11.6 Å². The molecule has 142 valence electrons. The van der Waals surface area contributed by atoms with Gasteiger partial charge in [0.25, 0.3) is 5.91 Å². The number of rotatable bonds is 4. The molecule has 2 aromatic carbocycles. The molecule has 0 saturated carbocycles. The molecule has 4 rings (SSSR count). The number of hydrogen-bond donors (Lipinski definition) is 2. The van der Waals surface area contributed by atoms with Gasteiger partial charge < -0.3 is 10.6 Å². The lowest BCUT2D eigenvalue weighted by molar-refractivity contribution is -0.116. The predicted molar refractivity (Wildman–Crippen MR) is 108 cm³/mol. The number of hydrogen-bond acceptors (Lipinski definition) is 3. The lowest BCUT2D eigenvalue weighted by atomic mass is 9.98. The quantitative estimate of drug-likeness (QED) is 0.704. The van der Waals surface area contributed by atoms with E-state index in [0.717, 1.165) is 22.5 Å². The summed E-state index contributed by atoms with van der Waals surface area (Å²) in [4.78, 5) is 24.1. The summed E-state index contributed by atoms with van der Waals surface area (Å²) in [5, 5.41) is 10.8. The first-order chi connectivity index (χ1) is 13.5. The number of amides is 2. The molecule has 1 aliphatic rings. The van der Waals surface area contributed by atoms with Gasteiger partial charge >= 0.3 is 0 Å². The summed E-state index contributed by atoms with van der Waals surface area (Å²) >= 11 is 5.91. The van der Waals surface area contributed by atoms with Crippen molar-refractivity contribution < 1.29 is 9.59 Å². The van der Waals surface area contributed by atoms with E-state index in [1.807, 2.05) is 37.3 Å². The molecule has 0 radical (unpaired) electrons. The van der Waals surface area contributed by atoms with Crippen molar-refractivity contribution in [3.8, 4) is 5.69 Å². The Bertz CT molecular complexity index is 1040. The van der Waals surface area contributed by atoms with Gasteiger partial charge in [-0.3, -0.25) is 9.59 Å². The van der Waals surface area contributed by atoms with Crippen LogP contribution in [0.15, 0.2) is 54.7 Å². The molecule has 2 heterocycles. The van der Waals surface area contributed by atoms with Crippen LogP contribution in [0.3, 0.4) is 0 Å². The van der Waals surface area contributed by atoms with Crippen LogP contribution in [0.25, 0.3) is 5.69 Å². The van der Waals surface area contributed by atoms with Crippen LogP contribution >= 0.6 is 11.6 Å². The molecule has 3 aromatic rings. The van der Waals surface area contributed by atoms with E-state index in [-0.39, 0.29) is 17.9 Å². The summed E-state index contributed by atoms with van der Waals surface area (Å²) < 4.78 is 1.64. The van der Waals surface area contributed by atoms with Crippen molar-refractivity contribution in [2.45, 2.75) is 25.8 Å². The number of anilines is 1. The van der Waals surface area contributed by atoms with Gasteiger partial charge in [-0.25, -0.2) is 4.68 Å². The van der Waals surface area contributed by atoms with Crippen LogP contribution in [0.5, 0.6) is 0 Å². The Morgan fingerprint density at radius 3 is 2.75 bits per heavy atom. The Morgan fingerprint density at radius 1 is 1.18 bits per heavy atom. The van der Waals surface area contributed by atoms with E-state index in [0.29, 0.717) is 23.6 Å². The number of nitrogens with one attached hydrogen (secondary N) is 2. The van der Waals surface area contributed by atoms with Gasteiger partial charge in [0.15, 0.2) is 5.69 Å². The standard InChI is InChI=1S/C21H19ClN4O2/c1-13(14-2-8-18-15(12-14)3-9-20(27)24-18)23-21(28)19-10-11-26(25-19)17-6-4-16(22)5-7-17/h2,4-8,10-13H,3,9H2,1H3,(H,23,28)(H,24,27)/t13-/m0/s1. The lowest BCUT2D eigenvalue weighted by Crippen LogP contribution is -2.27. The molecule has 1 aromatic heterocycles. The molecule has 1 atom stereocenters. The first kappa shape index (κ1) is 18.3. The van der Waals surface area contributed by atoms with E-state index >= 15 is 0 Å². The van der Waals surface area contributed by atoms with Gasteiger partial charge in [0.05, 0.1) is 11.7 Å². The van der Waals surface area contributed by atoms with Crippen molar-refractivity contribution >= 4 is 29.1 Å². The monoisotopic (exact) mass is 394 g/mol. The topological polar surface area (TPSA) is 76.0 Å². The van der Waals surface area contributed by atoms with Crippen LogP contribution in [-0.2, 0) is 11.2 Å². The second-order valence-electron chi connectivity index (χ2n) is 6.78. The van der Waals surface area contributed by atoms with E-state index in [1.165, 1.54) is 0 Å². The van der Waals surface area contributed by atoms with Crippen LogP contribution in [0.4, 0.5) is 5.69 Å². The molecule has 2 amide bonds. The zero-order chi connectivity index (χ0) is 19.7. The first-order valence-electron chi connectivity index (χ1n) is 9.05. The highest BCUT2D eigenvalue weighted by atomic mass is 35.5. The zero-order valence-corrected chi connectivity index (χ0v) is 16.0. The van der Waals surface area contributed by atoms with Crippen molar-refractivity contribution in [3.05, 3.63) is 76.6 Å². The maximum atomic E-state index is 12.6. The van der Waals surface area contributed by atoms with Crippen LogP contribution in [0, 0.1) is 0 Å².